The highest BCUT2D eigenvalue weighted by molar-refractivity contribution is 7.93. The number of sulfonamides is 1. The number of anilines is 1. The Morgan fingerprint density at radius 1 is 1.04 bits per heavy atom. The lowest BCUT2D eigenvalue weighted by Gasteiger charge is -2.30. The van der Waals surface area contributed by atoms with Gasteiger partial charge in [-0.1, -0.05) is 11.6 Å². The van der Waals surface area contributed by atoms with Crippen LogP contribution in [0.25, 0.3) is 0 Å². The number of fused-ring (bicyclic) bond motifs is 1. The van der Waals surface area contributed by atoms with Crippen molar-refractivity contribution in [1.29, 1.82) is 0 Å². The molecular weight excluding hydrogens is 338 g/mol. The van der Waals surface area contributed by atoms with E-state index in [0.29, 0.717) is 17.0 Å². The zero-order valence-electron chi connectivity index (χ0n) is 14.8. The van der Waals surface area contributed by atoms with Gasteiger partial charge in [-0.3, -0.25) is 9.10 Å². The van der Waals surface area contributed by atoms with Crippen LogP contribution in [0.1, 0.15) is 33.5 Å². The van der Waals surface area contributed by atoms with Gasteiger partial charge in [-0.05, 0) is 56.2 Å². The van der Waals surface area contributed by atoms with Gasteiger partial charge in [-0.15, -0.1) is 0 Å². The van der Waals surface area contributed by atoms with E-state index in [4.69, 9.17) is 4.74 Å². The molecule has 3 rings (SSSR count). The largest absolute Gasteiger partial charge is 0.495 e. The van der Waals surface area contributed by atoms with Crippen LogP contribution in [0, 0.1) is 20.8 Å². The monoisotopic (exact) mass is 359 g/mol. The molecular formula is C19H21NO4S. The van der Waals surface area contributed by atoms with E-state index in [0.717, 1.165) is 16.7 Å². The highest BCUT2D eigenvalue weighted by Gasteiger charge is 2.34. The van der Waals surface area contributed by atoms with Crippen molar-refractivity contribution in [3.8, 4) is 5.75 Å². The molecule has 0 aliphatic carbocycles. The highest BCUT2D eigenvalue weighted by Crippen LogP contribution is 2.36. The van der Waals surface area contributed by atoms with E-state index in [1.165, 1.54) is 11.4 Å². The minimum Gasteiger partial charge on any atom is -0.495 e. The second kappa shape index (κ2) is 6.19. The van der Waals surface area contributed by atoms with Crippen molar-refractivity contribution in [2.45, 2.75) is 32.1 Å². The van der Waals surface area contributed by atoms with E-state index in [1.54, 1.807) is 24.3 Å². The van der Waals surface area contributed by atoms with Gasteiger partial charge in [0.1, 0.15) is 10.6 Å². The van der Waals surface area contributed by atoms with Gasteiger partial charge in [0.2, 0.25) is 0 Å². The molecule has 0 saturated carbocycles. The molecule has 2 aromatic carbocycles. The van der Waals surface area contributed by atoms with Gasteiger partial charge in [0.25, 0.3) is 10.0 Å². The van der Waals surface area contributed by atoms with Crippen molar-refractivity contribution >= 4 is 21.5 Å². The summed E-state index contributed by atoms with van der Waals surface area (Å²) < 4.78 is 33.3. The molecule has 0 N–H and O–H groups in total. The Labute approximate surface area is 148 Å². The van der Waals surface area contributed by atoms with Crippen molar-refractivity contribution < 1.29 is 17.9 Å². The van der Waals surface area contributed by atoms with Gasteiger partial charge in [-0.25, -0.2) is 8.42 Å². The van der Waals surface area contributed by atoms with Crippen LogP contribution in [-0.4, -0.2) is 27.9 Å². The number of nitrogens with zero attached hydrogens (tertiary/aromatic N) is 1. The number of carbonyl (C=O) groups is 1. The summed E-state index contributed by atoms with van der Waals surface area (Å²) in [5.41, 5.74) is 3.65. The zero-order chi connectivity index (χ0) is 18.4. The van der Waals surface area contributed by atoms with Crippen LogP contribution in [0.3, 0.4) is 0 Å². The average molecular weight is 359 g/mol. The summed E-state index contributed by atoms with van der Waals surface area (Å²) in [4.78, 5) is 12.3. The molecule has 0 spiro atoms. The lowest BCUT2D eigenvalue weighted by Crippen LogP contribution is -2.37. The molecule has 0 bridgehead atoms. The first-order valence-corrected chi connectivity index (χ1v) is 9.51. The van der Waals surface area contributed by atoms with E-state index < -0.39 is 10.0 Å². The first kappa shape index (κ1) is 17.5. The van der Waals surface area contributed by atoms with Gasteiger partial charge in [0.05, 0.1) is 12.8 Å². The summed E-state index contributed by atoms with van der Waals surface area (Å²) in [6, 6.07) is 8.63. The molecule has 0 atom stereocenters. The van der Waals surface area contributed by atoms with Crippen LogP contribution < -0.4 is 9.04 Å². The summed E-state index contributed by atoms with van der Waals surface area (Å²) >= 11 is 0. The Morgan fingerprint density at radius 3 is 2.40 bits per heavy atom. The number of ether oxygens (including phenoxy) is 1. The van der Waals surface area contributed by atoms with E-state index in [-0.39, 0.29) is 23.6 Å². The fourth-order valence-electron chi connectivity index (χ4n) is 3.04. The summed E-state index contributed by atoms with van der Waals surface area (Å²) in [5, 5.41) is 0. The molecule has 25 heavy (non-hydrogen) atoms. The SMILES string of the molecule is COc1cc(C)c(C)cc1S(=O)(=O)N1CCC(=O)c2cc(C)ccc21. The smallest absolute Gasteiger partial charge is 0.268 e. The lowest BCUT2D eigenvalue weighted by molar-refractivity contribution is 0.0982. The Kier molecular flexibility index (Phi) is 4.33. The number of carbonyl (C=O) groups excluding carboxylic acids is 1. The zero-order valence-corrected chi connectivity index (χ0v) is 15.6. The third-order valence-corrected chi connectivity index (χ3v) is 6.45. The van der Waals surface area contributed by atoms with E-state index in [1.807, 2.05) is 26.8 Å². The molecule has 1 aliphatic rings. The molecule has 0 unspecified atom stereocenters. The highest BCUT2D eigenvalue weighted by atomic mass is 32.2. The number of Topliss-reactive ketones (excluding diaryl/α,β-unsaturated/α-hetero) is 1. The van der Waals surface area contributed by atoms with E-state index >= 15 is 0 Å². The van der Waals surface area contributed by atoms with Crippen LogP contribution in [0.15, 0.2) is 35.2 Å². The van der Waals surface area contributed by atoms with Gasteiger partial charge < -0.3 is 4.74 Å². The fourth-order valence-corrected chi connectivity index (χ4v) is 4.75. The molecule has 1 aliphatic heterocycles. The summed E-state index contributed by atoms with van der Waals surface area (Å²) in [6.07, 6.45) is 0.169. The number of hydrogen-bond acceptors (Lipinski definition) is 4. The van der Waals surface area contributed by atoms with Crippen molar-refractivity contribution in [3.05, 3.63) is 52.6 Å². The molecule has 6 heteroatoms. The Morgan fingerprint density at radius 2 is 1.72 bits per heavy atom. The number of benzene rings is 2. The third kappa shape index (κ3) is 2.91. The Hall–Kier alpha value is -2.34. The first-order valence-electron chi connectivity index (χ1n) is 8.07. The number of hydrogen-bond donors (Lipinski definition) is 0. The van der Waals surface area contributed by atoms with Gasteiger partial charge in [0, 0.05) is 18.5 Å². The normalized spacial score (nSPS) is 14.4. The van der Waals surface area contributed by atoms with Crippen LogP contribution in [0.2, 0.25) is 0 Å². The quantitative estimate of drug-likeness (QED) is 0.842. The molecule has 0 fully saturated rings. The molecule has 0 amide bonds. The lowest BCUT2D eigenvalue weighted by atomic mass is 10.0. The third-order valence-electron chi connectivity index (χ3n) is 4.61. The topological polar surface area (TPSA) is 63.7 Å². The van der Waals surface area contributed by atoms with Crippen LogP contribution in [0.5, 0.6) is 5.75 Å². The minimum absolute atomic E-state index is 0.0304. The van der Waals surface area contributed by atoms with Crippen LogP contribution >= 0.6 is 0 Å². The molecule has 0 radical (unpaired) electrons. The maximum atomic E-state index is 13.3. The predicted octanol–water partition coefficient (Wildman–Crippen LogP) is 3.40. The second-order valence-electron chi connectivity index (χ2n) is 6.36. The Bertz CT molecular complexity index is 964. The summed E-state index contributed by atoms with van der Waals surface area (Å²) in [6.45, 7) is 5.79. The maximum Gasteiger partial charge on any atom is 0.268 e. The van der Waals surface area contributed by atoms with Crippen molar-refractivity contribution in [2.24, 2.45) is 0 Å². The fraction of sp³-hybridized carbons (Fsp3) is 0.316. The van der Waals surface area contributed by atoms with Crippen molar-refractivity contribution in [2.75, 3.05) is 18.0 Å². The number of methoxy groups -OCH3 is 1. The van der Waals surface area contributed by atoms with Crippen LogP contribution in [0.4, 0.5) is 5.69 Å². The van der Waals surface area contributed by atoms with Gasteiger partial charge in [-0.2, -0.15) is 0 Å². The molecule has 0 aromatic heterocycles. The number of ketones is 1. The number of rotatable bonds is 3. The average Bonchev–Trinajstić information content (AvgIpc) is 2.57. The second-order valence-corrected chi connectivity index (χ2v) is 8.19. The first-order chi connectivity index (χ1) is 11.8. The van der Waals surface area contributed by atoms with E-state index in [9.17, 15) is 13.2 Å². The minimum atomic E-state index is -3.84. The van der Waals surface area contributed by atoms with Crippen LogP contribution in [-0.2, 0) is 10.0 Å². The number of aryl methyl sites for hydroxylation is 3. The molecule has 0 saturated heterocycles. The molecule has 1 heterocycles. The maximum absolute atomic E-state index is 13.3. The standard InChI is InChI=1S/C19H21NO4S/c1-12-5-6-16-15(9-12)17(21)7-8-20(16)25(22,23)19-11-14(3)13(2)10-18(19)24-4/h5-6,9-11H,7-8H2,1-4H3. The molecule has 132 valence electrons. The Balaban J connectivity index is 2.19. The van der Waals surface area contributed by atoms with E-state index in [2.05, 4.69) is 0 Å². The van der Waals surface area contributed by atoms with Crippen molar-refractivity contribution in [1.82, 2.24) is 0 Å². The predicted molar refractivity (Wildman–Crippen MR) is 97.1 cm³/mol. The molecule has 5 nitrogen and oxygen atoms in total. The van der Waals surface area contributed by atoms with Crippen molar-refractivity contribution in [3.63, 3.8) is 0 Å². The molecule has 2 aromatic rings. The van der Waals surface area contributed by atoms with Gasteiger partial charge >= 0.3 is 0 Å². The summed E-state index contributed by atoms with van der Waals surface area (Å²) in [7, 11) is -2.38. The van der Waals surface area contributed by atoms with Gasteiger partial charge in [0.15, 0.2) is 5.78 Å². The summed E-state index contributed by atoms with van der Waals surface area (Å²) in [5.74, 6) is 0.283.